The molecule has 2 amide bonds. The van der Waals surface area contributed by atoms with Gasteiger partial charge in [-0.15, -0.1) is 0 Å². The van der Waals surface area contributed by atoms with Crippen molar-refractivity contribution in [1.82, 2.24) is 4.90 Å². The van der Waals surface area contributed by atoms with Gasteiger partial charge in [-0.05, 0) is 37.5 Å². The summed E-state index contributed by atoms with van der Waals surface area (Å²) in [5, 5.41) is 0.600. The van der Waals surface area contributed by atoms with Crippen molar-refractivity contribution < 1.29 is 9.59 Å². The molecule has 2 atom stereocenters. The Labute approximate surface area is 129 Å². The summed E-state index contributed by atoms with van der Waals surface area (Å²) in [5.74, 6) is -0.706. The third-order valence-electron chi connectivity index (χ3n) is 3.88. The van der Waals surface area contributed by atoms with Gasteiger partial charge in [0.05, 0.1) is 5.92 Å². The van der Waals surface area contributed by atoms with E-state index in [2.05, 4.69) is 0 Å². The van der Waals surface area contributed by atoms with Gasteiger partial charge in [0, 0.05) is 23.7 Å². The molecule has 1 heterocycles. The van der Waals surface area contributed by atoms with Crippen molar-refractivity contribution in [3.05, 3.63) is 40.9 Å². The number of likely N-dealkylation sites (tertiary alicyclic amines) is 1. The topological polar surface area (TPSA) is 63.4 Å². The predicted octanol–water partition coefficient (Wildman–Crippen LogP) is 2.47. The molecule has 0 radical (unpaired) electrons. The molecular weight excluding hydrogens is 288 g/mol. The Morgan fingerprint density at radius 1 is 1.33 bits per heavy atom. The minimum absolute atomic E-state index is 0.115. The third kappa shape index (κ3) is 3.85. The second-order valence-corrected chi connectivity index (χ2v) is 5.78. The number of hydrogen-bond donors (Lipinski definition) is 1. The van der Waals surface area contributed by atoms with Gasteiger partial charge >= 0.3 is 0 Å². The molecule has 2 rings (SSSR count). The molecule has 5 heteroatoms. The fourth-order valence-corrected chi connectivity index (χ4v) is 2.71. The molecule has 0 bridgehead atoms. The summed E-state index contributed by atoms with van der Waals surface area (Å²) < 4.78 is 0. The van der Waals surface area contributed by atoms with E-state index >= 15 is 0 Å². The van der Waals surface area contributed by atoms with Crippen LogP contribution in [0.5, 0.6) is 0 Å². The number of carbonyl (C=O) groups is 2. The van der Waals surface area contributed by atoms with Crippen LogP contribution in [0.2, 0.25) is 5.02 Å². The molecule has 1 aromatic rings. The normalized spacial score (nSPS) is 22.5. The highest BCUT2D eigenvalue weighted by atomic mass is 35.5. The van der Waals surface area contributed by atoms with Gasteiger partial charge in [-0.1, -0.05) is 29.8 Å². The monoisotopic (exact) mass is 306 g/mol. The molecule has 1 fully saturated rings. The molecule has 0 aliphatic carbocycles. The van der Waals surface area contributed by atoms with Gasteiger partial charge < -0.3 is 10.6 Å². The zero-order valence-corrected chi connectivity index (χ0v) is 12.7. The number of nitrogens with two attached hydrogens (primary N) is 1. The Balaban J connectivity index is 2.08. The molecule has 21 heavy (non-hydrogen) atoms. The van der Waals surface area contributed by atoms with Gasteiger partial charge in [-0.25, -0.2) is 0 Å². The van der Waals surface area contributed by atoms with Crippen molar-refractivity contribution in [3.8, 4) is 0 Å². The molecule has 1 aliphatic rings. The number of carbonyl (C=O) groups excluding carboxylic acids is 2. The number of amides is 2. The van der Waals surface area contributed by atoms with E-state index in [1.54, 1.807) is 17.0 Å². The Morgan fingerprint density at radius 3 is 2.71 bits per heavy atom. The molecule has 1 aromatic carbocycles. The van der Waals surface area contributed by atoms with Gasteiger partial charge in [0.1, 0.15) is 0 Å². The maximum atomic E-state index is 12.3. The van der Waals surface area contributed by atoms with E-state index in [-0.39, 0.29) is 23.8 Å². The van der Waals surface area contributed by atoms with Gasteiger partial charge in [0.15, 0.2) is 0 Å². The van der Waals surface area contributed by atoms with Crippen molar-refractivity contribution in [2.24, 2.45) is 11.7 Å². The average Bonchev–Trinajstić information content (AvgIpc) is 2.46. The lowest BCUT2D eigenvalue weighted by Crippen LogP contribution is -2.48. The summed E-state index contributed by atoms with van der Waals surface area (Å²) in [6.07, 6.45) is 4.74. The first-order valence-electron chi connectivity index (χ1n) is 7.01. The summed E-state index contributed by atoms with van der Waals surface area (Å²) in [5.41, 5.74) is 6.14. The van der Waals surface area contributed by atoms with Crippen LogP contribution in [0.15, 0.2) is 30.3 Å². The van der Waals surface area contributed by atoms with Crippen LogP contribution < -0.4 is 5.73 Å². The average molecular weight is 307 g/mol. The van der Waals surface area contributed by atoms with Crippen molar-refractivity contribution >= 4 is 29.5 Å². The van der Waals surface area contributed by atoms with E-state index in [1.165, 1.54) is 6.08 Å². The van der Waals surface area contributed by atoms with E-state index in [4.69, 9.17) is 17.3 Å². The minimum Gasteiger partial charge on any atom is -0.369 e. The van der Waals surface area contributed by atoms with Crippen molar-refractivity contribution in [1.29, 1.82) is 0 Å². The van der Waals surface area contributed by atoms with Crippen LogP contribution in [0.1, 0.15) is 25.3 Å². The van der Waals surface area contributed by atoms with E-state index < -0.39 is 0 Å². The summed E-state index contributed by atoms with van der Waals surface area (Å²) >= 11 is 6.05. The summed E-state index contributed by atoms with van der Waals surface area (Å²) in [6, 6.07) is 7.44. The van der Waals surface area contributed by atoms with Crippen LogP contribution in [0, 0.1) is 5.92 Å². The maximum Gasteiger partial charge on any atom is 0.246 e. The smallest absolute Gasteiger partial charge is 0.246 e. The zero-order valence-electron chi connectivity index (χ0n) is 12.0. The lowest BCUT2D eigenvalue weighted by Gasteiger charge is -2.36. The number of halogens is 1. The number of piperidine rings is 1. The molecule has 0 saturated carbocycles. The number of benzene rings is 1. The molecule has 1 aliphatic heterocycles. The lowest BCUT2D eigenvalue weighted by molar-refractivity contribution is -0.133. The van der Waals surface area contributed by atoms with E-state index in [0.29, 0.717) is 11.6 Å². The third-order valence-corrected chi connectivity index (χ3v) is 4.22. The van der Waals surface area contributed by atoms with E-state index in [0.717, 1.165) is 18.4 Å². The molecule has 0 aromatic heterocycles. The fourth-order valence-electron chi connectivity index (χ4n) is 2.51. The number of nitrogens with zero attached hydrogens (tertiary/aromatic N) is 1. The minimum atomic E-state index is -0.338. The molecular formula is C16H19ClN2O2. The Kier molecular flexibility index (Phi) is 5.02. The van der Waals surface area contributed by atoms with Gasteiger partial charge in [-0.2, -0.15) is 0 Å². The molecule has 1 saturated heterocycles. The fraction of sp³-hybridized carbons (Fsp3) is 0.375. The second-order valence-electron chi connectivity index (χ2n) is 5.37. The van der Waals surface area contributed by atoms with Gasteiger partial charge in [0.2, 0.25) is 11.8 Å². The quantitative estimate of drug-likeness (QED) is 0.872. The molecule has 112 valence electrons. The Bertz CT molecular complexity index is 571. The van der Waals surface area contributed by atoms with Crippen LogP contribution in [-0.4, -0.2) is 29.3 Å². The van der Waals surface area contributed by atoms with Crippen LogP contribution in [0.3, 0.4) is 0 Å². The van der Waals surface area contributed by atoms with E-state index in [1.807, 2.05) is 25.1 Å². The standard InChI is InChI=1S/C16H19ClN2O2/c1-11-6-7-13(16(18)21)10-19(11)15(20)9-8-12-4-2-3-5-14(12)17/h2-5,8-9,11,13H,6-7,10H2,1H3,(H2,18,21). The highest BCUT2D eigenvalue weighted by Gasteiger charge is 2.30. The van der Waals surface area contributed by atoms with Gasteiger partial charge in [-0.3, -0.25) is 9.59 Å². The van der Waals surface area contributed by atoms with Crippen molar-refractivity contribution in [3.63, 3.8) is 0 Å². The van der Waals surface area contributed by atoms with Crippen LogP contribution in [0.25, 0.3) is 6.08 Å². The first-order chi connectivity index (χ1) is 9.99. The first kappa shape index (κ1) is 15.6. The van der Waals surface area contributed by atoms with Gasteiger partial charge in [0.25, 0.3) is 0 Å². The Morgan fingerprint density at radius 2 is 2.05 bits per heavy atom. The summed E-state index contributed by atoms with van der Waals surface area (Å²) in [4.78, 5) is 25.3. The molecule has 2 N–H and O–H groups in total. The highest BCUT2D eigenvalue weighted by molar-refractivity contribution is 6.32. The van der Waals surface area contributed by atoms with E-state index in [9.17, 15) is 9.59 Å². The first-order valence-corrected chi connectivity index (χ1v) is 7.39. The molecule has 2 unspecified atom stereocenters. The maximum absolute atomic E-state index is 12.3. The highest BCUT2D eigenvalue weighted by Crippen LogP contribution is 2.22. The number of primary amides is 1. The molecule has 0 spiro atoms. The van der Waals surface area contributed by atoms with Crippen molar-refractivity contribution in [2.75, 3.05) is 6.54 Å². The largest absolute Gasteiger partial charge is 0.369 e. The summed E-state index contributed by atoms with van der Waals surface area (Å²) in [7, 11) is 0. The van der Waals surface area contributed by atoms with Crippen LogP contribution >= 0.6 is 11.6 Å². The Hall–Kier alpha value is -1.81. The van der Waals surface area contributed by atoms with Crippen molar-refractivity contribution in [2.45, 2.75) is 25.8 Å². The van der Waals surface area contributed by atoms with Crippen LogP contribution in [0.4, 0.5) is 0 Å². The summed E-state index contributed by atoms with van der Waals surface area (Å²) in [6.45, 7) is 2.38. The molecule has 4 nitrogen and oxygen atoms in total. The van der Waals surface area contributed by atoms with Crippen LogP contribution in [-0.2, 0) is 9.59 Å². The predicted molar refractivity (Wildman–Crippen MR) is 83.6 cm³/mol. The zero-order chi connectivity index (χ0) is 15.4. The number of rotatable bonds is 3. The SMILES string of the molecule is CC1CCC(C(N)=O)CN1C(=O)C=Cc1ccccc1Cl. The number of hydrogen-bond acceptors (Lipinski definition) is 2. The second kappa shape index (κ2) is 6.76. The lowest BCUT2D eigenvalue weighted by atomic mass is 9.93.